The van der Waals surface area contributed by atoms with E-state index < -0.39 is 12.1 Å². The highest BCUT2D eigenvalue weighted by molar-refractivity contribution is 5.77. The largest absolute Gasteiger partial charge is 0.394 e. The monoisotopic (exact) mass is 292 g/mol. The first-order valence-corrected chi connectivity index (χ1v) is 6.59. The summed E-state index contributed by atoms with van der Waals surface area (Å²) in [6.07, 6.45) is 1.39. The first-order chi connectivity index (χ1) is 9.57. The number of hydrogen-bond donors (Lipinski definition) is 6. The summed E-state index contributed by atoms with van der Waals surface area (Å²) in [4.78, 5) is 22.8. The van der Waals surface area contributed by atoms with Gasteiger partial charge in [-0.25, -0.2) is 0 Å². The topological polar surface area (TPSA) is 139 Å². The molecule has 118 valence electrons. The molecule has 0 aromatic rings. The van der Waals surface area contributed by atoms with Crippen molar-refractivity contribution >= 4 is 11.8 Å². The molecule has 0 aliphatic heterocycles. The fourth-order valence-corrected chi connectivity index (χ4v) is 1.47. The molecular formula is C12H24N2O6. The molecule has 0 atom stereocenters. The van der Waals surface area contributed by atoms with Crippen LogP contribution in [0.3, 0.4) is 0 Å². The molecule has 8 heteroatoms. The standard InChI is InChI=1S/C12H24N2O6/c15-5-9(6-16)13-11(19)3-1-2-4-12(20)14-10(7-17)8-18/h9-10,15-18H,1-8H2,(H,13,19)(H,14,20). The van der Waals surface area contributed by atoms with Crippen LogP contribution in [0.2, 0.25) is 0 Å². The van der Waals surface area contributed by atoms with Crippen molar-refractivity contribution in [2.75, 3.05) is 26.4 Å². The number of aliphatic hydroxyl groups excluding tert-OH is 4. The Hall–Kier alpha value is -1.22. The summed E-state index contributed by atoms with van der Waals surface area (Å²) in [7, 11) is 0. The molecule has 0 radical (unpaired) electrons. The van der Waals surface area contributed by atoms with Gasteiger partial charge in [0.05, 0.1) is 38.5 Å². The summed E-state index contributed by atoms with van der Waals surface area (Å²) >= 11 is 0. The Labute approximate surface area is 117 Å². The Kier molecular flexibility index (Phi) is 10.9. The van der Waals surface area contributed by atoms with Gasteiger partial charge in [0.1, 0.15) is 0 Å². The molecule has 0 aromatic carbocycles. The van der Waals surface area contributed by atoms with Crippen molar-refractivity contribution in [1.29, 1.82) is 0 Å². The molecule has 0 heterocycles. The van der Waals surface area contributed by atoms with E-state index in [-0.39, 0.29) is 51.1 Å². The summed E-state index contributed by atoms with van der Waals surface area (Å²) in [6.45, 7) is -1.30. The number of unbranched alkanes of at least 4 members (excludes halogenated alkanes) is 1. The number of hydrogen-bond acceptors (Lipinski definition) is 6. The Morgan fingerprint density at radius 3 is 1.25 bits per heavy atom. The molecule has 2 amide bonds. The van der Waals surface area contributed by atoms with Crippen molar-refractivity contribution in [2.45, 2.75) is 37.8 Å². The van der Waals surface area contributed by atoms with Gasteiger partial charge < -0.3 is 31.1 Å². The van der Waals surface area contributed by atoms with Gasteiger partial charge in [0.2, 0.25) is 11.8 Å². The third-order valence-electron chi connectivity index (χ3n) is 2.67. The number of carbonyl (C=O) groups excluding carboxylic acids is 2. The smallest absolute Gasteiger partial charge is 0.220 e. The van der Waals surface area contributed by atoms with Crippen molar-refractivity contribution in [1.82, 2.24) is 10.6 Å². The molecule has 0 aromatic heterocycles. The zero-order valence-corrected chi connectivity index (χ0v) is 11.4. The van der Waals surface area contributed by atoms with E-state index in [2.05, 4.69) is 10.6 Å². The van der Waals surface area contributed by atoms with E-state index in [9.17, 15) is 9.59 Å². The fraction of sp³-hybridized carbons (Fsp3) is 0.833. The Balaban J connectivity index is 3.70. The summed E-state index contributed by atoms with van der Waals surface area (Å²) in [5.41, 5.74) is 0. The predicted molar refractivity (Wildman–Crippen MR) is 70.7 cm³/mol. The highest BCUT2D eigenvalue weighted by atomic mass is 16.3. The van der Waals surface area contributed by atoms with E-state index in [1.54, 1.807) is 0 Å². The fourth-order valence-electron chi connectivity index (χ4n) is 1.47. The molecule has 0 bridgehead atoms. The lowest BCUT2D eigenvalue weighted by Gasteiger charge is -2.14. The van der Waals surface area contributed by atoms with Gasteiger partial charge in [0.25, 0.3) is 0 Å². The van der Waals surface area contributed by atoms with Gasteiger partial charge in [-0.1, -0.05) is 0 Å². The van der Waals surface area contributed by atoms with Gasteiger partial charge in [-0.2, -0.15) is 0 Å². The highest BCUT2D eigenvalue weighted by Gasteiger charge is 2.11. The van der Waals surface area contributed by atoms with Crippen LogP contribution in [0.15, 0.2) is 0 Å². The number of nitrogens with one attached hydrogen (secondary N) is 2. The molecule has 20 heavy (non-hydrogen) atoms. The van der Waals surface area contributed by atoms with Crippen LogP contribution < -0.4 is 10.6 Å². The molecule has 0 aliphatic carbocycles. The Bertz CT molecular complexity index is 251. The molecule has 0 aliphatic rings. The van der Waals surface area contributed by atoms with E-state index in [1.165, 1.54) is 0 Å². The molecule has 0 spiro atoms. The van der Waals surface area contributed by atoms with Crippen molar-refractivity contribution in [3.05, 3.63) is 0 Å². The quantitative estimate of drug-likeness (QED) is 0.232. The predicted octanol–water partition coefficient (Wildman–Crippen LogP) is -2.51. The first kappa shape index (κ1) is 18.8. The molecular weight excluding hydrogens is 268 g/mol. The second-order valence-electron chi connectivity index (χ2n) is 4.47. The molecule has 8 nitrogen and oxygen atoms in total. The van der Waals surface area contributed by atoms with Gasteiger partial charge in [-0.15, -0.1) is 0 Å². The van der Waals surface area contributed by atoms with Crippen LogP contribution in [-0.4, -0.2) is 70.8 Å². The van der Waals surface area contributed by atoms with Crippen molar-refractivity contribution in [3.63, 3.8) is 0 Å². The molecule has 0 unspecified atom stereocenters. The van der Waals surface area contributed by atoms with Gasteiger partial charge in [-0.3, -0.25) is 9.59 Å². The second-order valence-corrected chi connectivity index (χ2v) is 4.47. The van der Waals surface area contributed by atoms with E-state index in [0.717, 1.165) is 0 Å². The highest BCUT2D eigenvalue weighted by Crippen LogP contribution is 2.00. The molecule has 0 saturated heterocycles. The number of carbonyl (C=O) groups is 2. The van der Waals surface area contributed by atoms with Crippen LogP contribution in [0, 0.1) is 0 Å². The number of aliphatic hydroxyl groups is 4. The zero-order chi connectivity index (χ0) is 15.4. The minimum atomic E-state index is -0.652. The van der Waals surface area contributed by atoms with E-state index in [1.807, 2.05) is 0 Å². The summed E-state index contributed by atoms with van der Waals surface area (Å²) in [6, 6.07) is -1.30. The molecule has 0 saturated carbocycles. The average Bonchev–Trinajstić information content (AvgIpc) is 2.46. The van der Waals surface area contributed by atoms with Gasteiger partial charge >= 0.3 is 0 Å². The van der Waals surface area contributed by atoms with Crippen LogP contribution in [-0.2, 0) is 9.59 Å². The lowest BCUT2D eigenvalue weighted by molar-refractivity contribution is -0.124. The van der Waals surface area contributed by atoms with Gasteiger partial charge in [0, 0.05) is 12.8 Å². The van der Waals surface area contributed by atoms with Crippen molar-refractivity contribution in [3.8, 4) is 0 Å². The lowest BCUT2D eigenvalue weighted by atomic mass is 10.1. The third-order valence-corrected chi connectivity index (χ3v) is 2.67. The van der Waals surface area contributed by atoms with E-state index in [0.29, 0.717) is 12.8 Å². The summed E-state index contributed by atoms with van der Waals surface area (Å²) < 4.78 is 0. The summed E-state index contributed by atoms with van der Waals surface area (Å²) in [5, 5.41) is 40.0. The Morgan fingerprint density at radius 2 is 1.00 bits per heavy atom. The van der Waals surface area contributed by atoms with Crippen LogP contribution in [0.1, 0.15) is 25.7 Å². The maximum Gasteiger partial charge on any atom is 0.220 e. The van der Waals surface area contributed by atoms with Gasteiger partial charge in [-0.05, 0) is 12.8 Å². The first-order valence-electron chi connectivity index (χ1n) is 6.59. The zero-order valence-electron chi connectivity index (χ0n) is 11.4. The van der Waals surface area contributed by atoms with Crippen LogP contribution >= 0.6 is 0 Å². The van der Waals surface area contributed by atoms with Crippen LogP contribution in [0.5, 0.6) is 0 Å². The maximum atomic E-state index is 11.4. The van der Waals surface area contributed by atoms with Gasteiger partial charge in [0.15, 0.2) is 0 Å². The van der Waals surface area contributed by atoms with Crippen molar-refractivity contribution < 1.29 is 30.0 Å². The van der Waals surface area contributed by atoms with Crippen molar-refractivity contribution in [2.24, 2.45) is 0 Å². The van der Waals surface area contributed by atoms with Crippen LogP contribution in [0.4, 0.5) is 0 Å². The van der Waals surface area contributed by atoms with E-state index >= 15 is 0 Å². The minimum Gasteiger partial charge on any atom is -0.394 e. The lowest BCUT2D eigenvalue weighted by Crippen LogP contribution is -2.40. The Morgan fingerprint density at radius 1 is 0.700 bits per heavy atom. The second kappa shape index (κ2) is 11.6. The summed E-state index contributed by atoms with van der Waals surface area (Å²) in [5.74, 6) is -0.579. The molecule has 0 fully saturated rings. The molecule has 0 rings (SSSR count). The van der Waals surface area contributed by atoms with E-state index in [4.69, 9.17) is 20.4 Å². The SMILES string of the molecule is O=C(CCCCC(=O)NC(CO)CO)NC(CO)CO. The number of rotatable bonds is 11. The van der Waals surface area contributed by atoms with Crippen LogP contribution in [0.25, 0.3) is 0 Å². The number of amides is 2. The molecule has 6 N–H and O–H groups in total. The average molecular weight is 292 g/mol. The third kappa shape index (κ3) is 8.81. The minimum absolute atomic E-state index is 0.202. The normalized spacial score (nSPS) is 10.9. The maximum absolute atomic E-state index is 11.4.